The summed E-state index contributed by atoms with van der Waals surface area (Å²) >= 11 is 6.25. The number of hydrogen-bond donors (Lipinski definition) is 2. The Labute approximate surface area is 151 Å². The zero-order chi connectivity index (χ0) is 18.6. The molecule has 8 heteroatoms. The Bertz CT molecular complexity index is 709. The van der Waals surface area contributed by atoms with Crippen molar-refractivity contribution in [3.63, 3.8) is 0 Å². The average Bonchev–Trinajstić information content (AvgIpc) is 2.62. The molecule has 1 aromatic rings. The van der Waals surface area contributed by atoms with Gasteiger partial charge in [-0.25, -0.2) is 9.59 Å². The van der Waals surface area contributed by atoms with Crippen LogP contribution in [0.15, 0.2) is 12.1 Å². The number of carboxylic acid groups (broad SMARTS) is 1. The lowest BCUT2D eigenvalue weighted by atomic mass is 9.90. The molecule has 1 saturated heterocycles. The number of halogens is 1. The molecule has 0 aromatic heterocycles. The quantitative estimate of drug-likeness (QED) is 0.794. The van der Waals surface area contributed by atoms with Crippen LogP contribution in [-0.2, 0) is 4.74 Å². The van der Waals surface area contributed by atoms with E-state index in [0.717, 1.165) is 12.8 Å². The van der Waals surface area contributed by atoms with Gasteiger partial charge in [0.1, 0.15) is 6.07 Å². The number of nitrogens with zero attached hydrogens (tertiary/aromatic N) is 2. The number of hydrogen-bond acceptors (Lipinski definition) is 5. The molecule has 1 aromatic carbocycles. The maximum absolute atomic E-state index is 11.8. The SMILES string of the molecule is COC(=O)c1cc(C#N)c(Cl)c(N[C@@H](C)C2CCN(C(=O)O)CC2)c1. The van der Waals surface area contributed by atoms with Crippen molar-refractivity contribution in [2.45, 2.75) is 25.8 Å². The normalized spacial score (nSPS) is 16.0. The van der Waals surface area contributed by atoms with Crippen molar-refractivity contribution in [1.29, 1.82) is 5.26 Å². The third-order valence-corrected chi connectivity index (χ3v) is 4.92. The summed E-state index contributed by atoms with van der Waals surface area (Å²) in [6, 6.07) is 4.95. The first kappa shape index (κ1) is 18.9. The molecule has 0 spiro atoms. The Morgan fingerprint density at radius 3 is 2.60 bits per heavy atom. The van der Waals surface area contributed by atoms with Gasteiger partial charge in [0, 0.05) is 19.1 Å². The van der Waals surface area contributed by atoms with Gasteiger partial charge in [0.05, 0.1) is 28.9 Å². The predicted octanol–water partition coefficient (Wildman–Crippen LogP) is 3.19. The summed E-state index contributed by atoms with van der Waals surface area (Å²) in [5.41, 5.74) is 0.938. The van der Waals surface area contributed by atoms with Crippen LogP contribution in [0.1, 0.15) is 35.7 Å². The van der Waals surface area contributed by atoms with E-state index in [0.29, 0.717) is 18.8 Å². The Morgan fingerprint density at radius 2 is 2.08 bits per heavy atom. The molecule has 1 fully saturated rings. The third-order valence-electron chi connectivity index (χ3n) is 4.51. The van der Waals surface area contributed by atoms with E-state index in [9.17, 15) is 14.9 Å². The molecule has 1 amide bonds. The Kier molecular flexibility index (Phi) is 6.10. The molecule has 2 rings (SSSR count). The highest BCUT2D eigenvalue weighted by atomic mass is 35.5. The van der Waals surface area contributed by atoms with Crippen LogP contribution >= 0.6 is 11.6 Å². The molecule has 25 heavy (non-hydrogen) atoms. The van der Waals surface area contributed by atoms with Crippen molar-refractivity contribution in [2.75, 3.05) is 25.5 Å². The monoisotopic (exact) mass is 365 g/mol. The number of ether oxygens (including phenoxy) is 1. The van der Waals surface area contributed by atoms with Gasteiger partial charge >= 0.3 is 12.1 Å². The van der Waals surface area contributed by atoms with Crippen LogP contribution in [0.25, 0.3) is 0 Å². The van der Waals surface area contributed by atoms with Crippen LogP contribution in [-0.4, -0.2) is 48.3 Å². The number of amides is 1. The van der Waals surface area contributed by atoms with E-state index < -0.39 is 12.1 Å². The van der Waals surface area contributed by atoms with E-state index in [1.54, 1.807) is 6.07 Å². The molecule has 1 aliphatic heterocycles. The van der Waals surface area contributed by atoms with Crippen molar-refractivity contribution >= 4 is 29.4 Å². The number of piperidine rings is 1. The number of carbonyl (C=O) groups is 2. The summed E-state index contributed by atoms with van der Waals surface area (Å²) in [6.07, 6.45) is 0.575. The highest BCUT2D eigenvalue weighted by molar-refractivity contribution is 6.34. The zero-order valence-corrected chi connectivity index (χ0v) is 14.8. The molecule has 1 atom stereocenters. The lowest BCUT2D eigenvalue weighted by Gasteiger charge is -2.34. The molecule has 0 bridgehead atoms. The molecule has 2 N–H and O–H groups in total. The van der Waals surface area contributed by atoms with E-state index in [1.807, 2.05) is 13.0 Å². The molecule has 1 heterocycles. The van der Waals surface area contributed by atoms with Crippen LogP contribution in [0.4, 0.5) is 10.5 Å². The van der Waals surface area contributed by atoms with Crippen LogP contribution in [0, 0.1) is 17.2 Å². The van der Waals surface area contributed by atoms with Crippen molar-refractivity contribution < 1.29 is 19.4 Å². The lowest BCUT2D eigenvalue weighted by molar-refractivity contribution is 0.0600. The van der Waals surface area contributed by atoms with E-state index in [2.05, 4.69) is 5.32 Å². The summed E-state index contributed by atoms with van der Waals surface area (Å²) < 4.78 is 4.71. The van der Waals surface area contributed by atoms with Gasteiger partial charge in [0.15, 0.2) is 0 Å². The summed E-state index contributed by atoms with van der Waals surface area (Å²) in [6.45, 7) is 2.96. The van der Waals surface area contributed by atoms with Gasteiger partial charge in [0.2, 0.25) is 0 Å². The van der Waals surface area contributed by atoms with Crippen molar-refractivity contribution in [1.82, 2.24) is 4.90 Å². The van der Waals surface area contributed by atoms with E-state index in [1.165, 1.54) is 18.1 Å². The third kappa shape index (κ3) is 4.34. The van der Waals surface area contributed by atoms with Gasteiger partial charge in [-0.2, -0.15) is 5.26 Å². The number of esters is 1. The highest BCUT2D eigenvalue weighted by Gasteiger charge is 2.27. The average molecular weight is 366 g/mol. The zero-order valence-electron chi connectivity index (χ0n) is 14.1. The topological polar surface area (TPSA) is 103 Å². The Morgan fingerprint density at radius 1 is 1.44 bits per heavy atom. The minimum absolute atomic E-state index is 0.00730. The molecule has 0 saturated carbocycles. The fraction of sp³-hybridized carbons (Fsp3) is 0.471. The number of rotatable bonds is 4. The first-order chi connectivity index (χ1) is 11.9. The minimum atomic E-state index is -0.897. The predicted molar refractivity (Wildman–Crippen MR) is 92.9 cm³/mol. The molecule has 0 unspecified atom stereocenters. The molecule has 134 valence electrons. The lowest BCUT2D eigenvalue weighted by Crippen LogP contribution is -2.41. The summed E-state index contributed by atoms with van der Waals surface area (Å²) in [5, 5.41) is 21.7. The Balaban J connectivity index is 2.15. The number of benzene rings is 1. The van der Waals surface area contributed by atoms with E-state index >= 15 is 0 Å². The number of carbonyl (C=O) groups excluding carboxylic acids is 1. The first-order valence-corrected chi connectivity index (χ1v) is 8.31. The standard InChI is InChI=1S/C17H20ClN3O4/c1-10(11-3-5-21(6-4-11)17(23)24)20-14-8-12(16(22)25-2)7-13(9-19)15(14)18/h7-8,10-11,20H,3-6H2,1-2H3,(H,23,24)/t10-/m0/s1. The second kappa shape index (κ2) is 8.08. The van der Waals surface area contributed by atoms with Gasteiger partial charge < -0.3 is 20.1 Å². The van der Waals surface area contributed by atoms with Crippen LogP contribution in [0.2, 0.25) is 5.02 Å². The highest BCUT2D eigenvalue weighted by Crippen LogP contribution is 2.31. The maximum atomic E-state index is 11.8. The molecule has 0 radical (unpaired) electrons. The second-order valence-electron chi connectivity index (χ2n) is 6.03. The van der Waals surface area contributed by atoms with Crippen LogP contribution < -0.4 is 5.32 Å². The fourth-order valence-corrected chi connectivity index (χ4v) is 3.21. The summed E-state index contributed by atoms with van der Waals surface area (Å²) in [7, 11) is 1.27. The maximum Gasteiger partial charge on any atom is 0.407 e. The van der Waals surface area contributed by atoms with Gasteiger partial charge in [-0.3, -0.25) is 0 Å². The smallest absolute Gasteiger partial charge is 0.407 e. The minimum Gasteiger partial charge on any atom is -0.465 e. The van der Waals surface area contributed by atoms with Crippen molar-refractivity contribution in [2.24, 2.45) is 5.92 Å². The molecular weight excluding hydrogens is 346 g/mol. The Hall–Kier alpha value is -2.46. The summed E-state index contributed by atoms with van der Waals surface area (Å²) in [5.74, 6) is -0.280. The van der Waals surface area contributed by atoms with Crippen LogP contribution in [0.3, 0.4) is 0 Å². The van der Waals surface area contributed by atoms with Gasteiger partial charge in [-0.15, -0.1) is 0 Å². The molecule has 1 aliphatic rings. The van der Waals surface area contributed by atoms with Gasteiger partial charge in [-0.1, -0.05) is 11.6 Å². The number of nitriles is 1. The number of likely N-dealkylation sites (tertiary alicyclic amines) is 1. The second-order valence-corrected chi connectivity index (χ2v) is 6.41. The first-order valence-electron chi connectivity index (χ1n) is 7.93. The van der Waals surface area contributed by atoms with E-state index in [-0.39, 0.29) is 28.1 Å². The van der Waals surface area contributed by atoms with Crippen LogP contribution in [0.5, 0.6) is 0 Å². The van der Waals surface area contributed by atoms with Crippen molar-refractivity contribution in [3.05, 3.63) is 28.3 Å². The molecule has 0 aliphatic carbocycles. The number of anilines is 1. The number of nitrogens with one attached hydrogen (secondary N) is 1. The van der Waals surface area contributed by atoms with Crippen molar-refractivity contribution in [3.8, 4) is 6.07 Å². The van der Waals surface area contributed by atoms with E-state index in [4.69, 9.17) is 21.4 Å². The van der Waals surface area contributed by atoms with Gasteiger partial charge in [-0.05, 0) is 37.8 Å². The fourth-order valence-electron chi connectivity index (χ4n) is 3.00. The molecule has 7 nitrogen and oxygen atoms in total. The molecular formula is C17H20ClN3O4. The van der Waals surface area contributed by atoms with Gasteiger partial charge in [0.25, 0.3) is 0 Å². The number of methoxy groups -OCH3 is 1. The summed E-state index contributed by atoms with van der Waals surface area (Å²) in [4.78, 5) is 24.2. The largest absolute Gasteiger partial charge is 0.465 e.